The van der Waals surface area contributed by atoms with E-state index in [-0.39, 0.29) is 5.41 Å². The maximum absolute atomic E-state index is 4.61. The molecule has 0 aliphatic carbocycles. The molecule has 2 heterocycles. The summed E-state index contributed by atoms with van der Waals surface area (Å²) in [6.07, 6.45) is 0. The molecule has 3 nitrogen and oxygen atoms in total. The summed E-state index contributed by atoms with van der Waals surface area (Å²) in [6, 6.07) is 4.30. The molecule has 0 saturated heterocycles. The minimum atomic E-state index is 0.175. The van der Waals surface area contributed by atoms with Gasteiger partial charge >= 0.3 is 0 Å². The van der Waals surface area contributed by atoms with E-state index < -0.39 is 0 Å². The highest BCUT2D eigenvalue weighted by atomic mass is 32.1. The standard InChI is InChI=1S/C15H21N3S/c1-9-10(2)17-14(18-13(9)16-6)11-7-8-12(19-11)15(3,4)5/h7-8H,1-6H3,(H,16,17,18). The van der Waals surface area contributed by atoms with Gasteiger partial charge in [0, 0.05) is 23.2 Å². The number of nitrogens with zero attached hydrogens (tertiary/aromatic N) is 2. The lowest BCUT2D eigenvalue weighted by atomic mass is 9.95. The molecule has 0 aliphatic heterocycles. The molecule has 0 aliphatic rings. The highest BCUT2D eigenvalue weighted by Gasteiger charge is 2.18. The van der Waals surface area contributed by atoms with Crippen molar-refractivity contribution >= 4 is 17.2 Å². The van der Waals surface area contributed by atoms with Gasteiger partial charge in [-0.3, -0.25) is 0 Å². The molecule has 2 aromatic heterocycles. The number of nitrogens with one attached hydrogen (secondary N) is 1. The Morgan fingerprint density at radius 1 is 1.11 bits per heavy atom. The van der Waals surface area contributed by atoms with Gasteiger partial charge in [0.25, 0.3) is 0 Å². The van der Waals surface area contributed by atoms with Crippen LogP contribution in [0.2, 0.25) is 0 Å². The number of aromatic nitrogens is 2. The molecule has 0 saturated carbocycles. The van der Waals surface area contributed by atoms with Crippen molar-refractivity contribution in [3.05, 3.63) is 28.3 Å². The van der Waals surface area contributed by atoms with Crippen LogP contribution in [0.4, 0.5) is 5.82 Å². The first-order chi connectivity index (χ1) is 8.82. The van der Waals surface area contributed by atoms with Gasteiger partial charge in [-0.2, -0.15) is 0 Å². The first-order valence-corrected chi connectivity index (χ1v) is 7.28. The van der Waals surface area contributed by atoms with E-state index in [1.54, 1.807) is 11.3 Å². The van der Waals surface area contributed by atoms with Crippen LogP contribution in [0.15, 0.2) is 12.1 Å². The fourth-order valence-corrected chi connectivity index (χ4v) is 2.84. The predicted molar refractivity (Wildman–Crippen MR) is 83.1 cm³/mol. The number of hydrogen-bond acceptors (Lipinski definition) is 4. The molecule has 4 heteroatoms. The van der Waals surface area contributed by atoms with E-state index in [1.165, 1.54) is 4.88 Å². The van der Waals surface area contributed by atoms with Crippen LogP contribution in [0, 0.1) is 13.8 Å². The highest BCUT2D eigenvalue weighted by Crippen LogP contribution is 2.34. The van der Waals surface area contributed by atoms with Crippen molar-refractivity contribution in [3.63, 3.8) is 0 Å². The number of aryl methyl sites for hydroxylation is 1. The van der Waals surface area contributed by atoms with Crippen LogP contribution >= 0.6 is 11.3 Å². The molecule has 0 radical (unpaired) electrons. The molecule has 1 N–H and O–H groups in total. The van der Waals surface area contributed by atoms with E-state index in [2.05, 4.69) is 48.2 Å². The quantitative estimate of drug-likeness (QED) is 0.894. The van der Waals surface area contributed by atoms with Gasteiger partial charge in [-0.1, -0.05) is 20.8 Å². The minimum Gasteiger partial charge on any atom is -0.373 e. The summed E-state index contributed by atoms with van der Waals surface area (Å²) in [5.74, 6) is 1.72. The SMILES string of the molecule is CNc1nc(-c2ccc(C(C)(C)C)s2)nc(C)c1C. The van der Waals surface area contributed by atoms with Crippen LogP contribution in [-0.4, -0.2) is 17.0 Å². The summed E-state index contributed by atoms with van der Waals surface area (Å²) in [7, 11) is 1.90. The Bertz CT molecular complexity index is 594. The van der Waals surface area contributed by atoms with Gasteiger partial charge in [0.05, 0.1) is 4.88 Å². The molecule has 2 rings (SSSR count). The van der Waals surface area contributed by atoms with Crippen molar-refractivity contribution in [2.45, 2.75) is 40.0 Å². The summed E-state index contributed by atoms with van der Waals surface area (Å²) in [6.45, 7) is 10.7. The summed E-state index contributed by atoms with van der Waals surface area (Å²) in [5.41, 5.74) is 2.31. The number of rotatable bonds is 2. The second-order valence-electron chi connectivity index (χ2n) is 5.77. The summed E-state index contributed by atoms with van der Waals surface area (Å²) >= 11 is 1.77. The maximum Gasteiger partial charge on any atom is 0.171 e. The molecule has 102 valence electrons. The Kier molecular flexibility index (Phi) is 3.63. The Labute approximate surface area is 119 Å². The normalized spacial score (nSPS) is 11.7. The molecule has 0 amide bonds. The number of thiophene rings is 1. The first-order valence-electron chi connectivity index (χ1n) is 6.46. The van der Waals surface area contributed by atoms with Gasteiger partial charge in [-0.25, -0.2) is 9.97 Å². The summed E-state index contributed by atoms with van der Waals surface area (Å²) < 4.78 is 0. The third-order valence-electron chi connectivity index (χ3n) is 3.19. The lowest BCUT2D eigenvalue weighted by Gasteiger charge is -2.15. The van der Waals surface area contributed by atoms with Gasteiger partial charge < -0.3 is 5.32 Å². The first kappa shape index (κ1) is 14.0. The lowest BCUT2D eigenvalue weighted by Crippen LogP contribution is -2.07. The molecule has 0 fully saturated rings. The molecule has 0 bridgehead atoms. The van der Waals surface area contributed by atoms with Gasteiger partial charge in [0.2, 0.25) is 0 Å². The molecular formula is C15H21N3S. The summed E-state index contributed by atoms with van der Waals surface area (Å²) in [4.78, 5) is 11.7. The fourth-order valence-electron chi connectivity index (χ4n) is 1.84. The van der Waals surface area contributed by atoms with Gasteiger partial charge in [-0.15, -0.1) is 11.3 Å². The number of anilines is 1. The second-order valence-corrected chi connectivity index (χ2v) is 6.85. The van der Waals surface area contributed by atoms with Crippen LogP contribution in [0.1, 0.15) is 36.9 Å². The predicted octanol–water partition coefficient (Wildman–Crippen LogP) is 4.16. The van der Waals surface area contributed by atoms with E-state index in [0.29, 0.717) is 0 Å². The van der Waals surface area contributed by atoms with Crippen LogP contribution < -0.4 is 5.32 Å². The van der Waals surface area contributed by atoms with Crippen molar-refractivity contribution in [3.8, 4) is 10.7 Å². The molecule has 2 aromatic rings. The van der Waals surface area contributed by atoms with E-state index in [9.17, 15) is 0 Å². The van der Waals surface area contributed by atoms with Crippen LogP contribution in [0.3, 0.4) is 0 Å². The zero-order chi connectivity index (χ0) is 14.2. The lowest BCUT2D eigenvalue weighted by molar-refractivity contribution is 0.604. The van der Waals surface area contributed by atoms with Crippen molar-refractivity contribution in [2.24, 2.45) is 0 Å². The van der Waals surface area contributed by atoms with Crippen LogP contribution in [0.5, 0.6) is 0 Å². The van der Waals surface area contributed by atoms with Crippen molar-refractivity contribution in [2.75, 3.05) is 12.4 Å². The zero-order valence-electron chi connectivity index (χ0n) is 12.5. The Balaban J connectivity index is 2.48. The maximum atomic E-state index is 4.61. The van der Waals surface area contributed by atoms with Gasteiger partial charge in [-0.05, 0) is 31.4 Å². The fraction of sp³-hybridized carbons (Fsp3) is 0.467. The number of hydrogen-bond donors (Lipinski definition) is 1. The van der Waals surface area contributed by atoms with E-state index in [0.717, 1.165) is 27.8 Å². The third kappa shape index (κ3) is 2.78. The topological polar surface area (TPSA) is 37.8 Å². The molecule has 19 heavy (non-hydrogen) atoms. The molecule has 0 atom stereocenters. The largest absolute Gasteiger partial charge is 0.373 e. The Morgan fingerprint density at radius 2 is 1.79 bits per heavy atom. The minimum absolute atomic E-state index is 0.175. The van der Waals surface area contributed by atoms with E-state index in [1.807, 2.05) is 20.9 Å². The van der Waals surface area contributed by atoms with Crippen molar-refractivity contribution in [1.82, 2.24) is 9.97 Å². The zero-order valence-corrected chi connectivity index (χ0v) is 13.3. The van der Waals surface area contributed by atoms with E-state index >= 15 is 0 Å². The summed E-state index contributed by atoms with van der Waals surface area (Å²) in [5, 5.41) is 3.14. The molecule has 0 unspecified atom stereocenters. The van der Waals surface area contributed by atoms with Gasteiger partial charge in [0.1, 0.15) is 5.82 Å². The second kappa shape index (κ2) is 4.93. The molecule has 0 aromatic carbocycles. The van der Waals surface area contributed by atoms with E-state index in [4.69, 9.17) is 0 Å². The smallest absolute Gasteiger partial charge is 0.171 e. The van der Waals surface area contributed by atoms with Gasteiger partial charge in [0.15, 0.2) is 5.82 Å². The molecule has 0 spiro atoms. The Hall–Kier alpha value is -1.42. The average molecular weight is 275 g/mol. The Morgan fingerprint density at radius 3 is 2.32 bits per heavy atom. The van der Waals surface area contributed by atoms with Crippen LogP contribution in [-0.2, 0) is 5.41 Å². The molecular weight excluding hydrogens is 254 g/mol. The monoisotopic (exact) mass is 275 g/mol. The highest BCUT2D eigenvalue weighted by molar-refractivity contribution is 7.15. The van der Waals surface area contributed by atoms with Crippen molar-refractivity contribution in [1.29, 1.82) is 0 Å². The van der Waals surface area contributed by atoms with Crippen molar-refractivity contribution < 1.29 is 0 Å². The average Bonchev–Trinajstić information content (AvgIpc) is 2.81. The third-order valence-corrected chi connectivity index (χ3v) is 4.70. The van der Waals surface area contributed by atoms with Crippen LogP contribution in [0.25, 0.3) is 10.7 Å².